The second-order valence-electron chi connectivity index (χ2n) is 6.80. The van der Waals surface area contributed by atoms with Crippen molar-refractivity contribution in [3.8, 4) is 23.0 Å². The average Bonchev–Trinajstić information content (AvgIpc) is 2.79. The molecule has 1 N–H and O–H groups in total. The summed E-state index contributed by atoms with van der Waals surface area (Å²) in [5.74, 6) is 1.09. The molecule has 0 unspecified atom stereocenters. The number of rotatable bonds is 9. The van der Waals surface area contributed by atoms with Crippen molar-refractivity contribution >= 4 is 17.9 Å². The molecule has 0 aliphatic rings. The van der Waals surface area contributed by atoms with Gasteiger partial charge in [0, 0.05) is 23.9 Å². The van der Waals surface area contributed by atoms with Crippen LogP contribution in [0, 0.1) is 0 Å². The van der Waals surface area contributed by atoms with Crippen molar-refractivity contribution in [2.45, 2.75) is 19.8 Å². The van der Waals surface area contributed by atoms with E-state index in [0.717, 1.165) is 12.8 Å². The summed E-state index contributed by atoms with van der Waals surface area (Å²) in [6.07, 6.45) is 3.57. The van der Waals surface area contributed by atoms with Crippen molar-refractivity contribution in [2.75, 3.05) is 13.7 Å². The molecule has 160 valence electrons. The Balaban J connectivity index is 1.63. The highest BCUT2D eigenvalue weighted by Gasteiger charge is 2.10. The van der Waals surface area contributed by atoms with E-state index in [1.807, 2.05) is 18.2 Å². The zero-order valence-corrected chi connectivity index (χ0v) is 17.6. The van der Waals surface area contributed by atoms with E-state index in [9.17, 15) is 9.90 Å². The minimum Gasteiger partial charge on any atom is -0.507 e. The van der Waals surface area contributed by atoms with Crippen LogP contribution in [0.25, 0.3) is 0 Å². The summed E-state index contributed by atoms with van der Waals surface area (Å²) in [7, 11) is 1.59. The topological polar surface area (TPSA) is 77.4 Å². The first-order valence-electron chi connectivity index (χ1n) is 10.0. The molecule has 3 rings (SSSR count). The molecule has 3 aromatic carbocycles. The normalized spacial score (nSPS) is 10.8. The van der Waals surface area contributed by atoms with Gasteiger partial charge in [0.15, 0.2) is 0 Å². The number of hydrogen-bond donors (Lipinski definition) is 1. The molecule has 0 radical (unpaired) electrons. The number of aromatic hydroxyl groups is 1. The Morgan fingerprint density at radius 3 is 2.48 bits per heavy atom. The summed E-state index contributed by atoms with van der Waals surface area (Å²) < 4.78 is 16.1. The largest absolute Gasteiger partial charge is 0.507 e. The third kappa shape index (κ3) is 6.34. The minimum absolute atomic E-state index is 0.0448. The van der Waals surface area contributed by atoms with Crippen LogP contribution >= 0.6 is 0 Å². The maximum absolute atomic E-state index is 12.4. The summed E-state index contributed by atoms with van der Waals surface area (Å²) in [6.45, 7) is 2.74. The Morgan fingerprint density at radius 1 is 1.00 bits per heavy atom. The Bertz CT molecular complexity index is 1040. The second-order valence-corrected chi connectivity index (χ2v) is 6.80. The fraction of sp³-hybridized carbons (Fsp3) is 0.200. The number of esters is 1. The number of phenolic OH excluding ortho intramolecular Hbond substituents is 1. The van der Waals surface area contributed by atoms with Crippen LogP contribution in [0.1, 0.15) is 35.7 Å². The van der Waals surface area contributed by atoms with Crippen molar-refractivity contribution in [3.63, 3.8) is 0 Å². The third-order valence-corrected chi connectivity index (χ3v) is 4.48. The van der Waals surface area contributed by atoms with Crippen LogP contribution < -0.4 is 14.2 Å². The zero-order valence-electron chi connectivity index (χ0n) is 17.6. The lowest BCUT2D eigenvalue weighted by atomic mass is 10.2. The summed E-state index contributed by atoms with van der Waals surface area (Å²) in [6, 6.07) is 18.7. The van der Waals surface area contributed by atoms with Crippen molar-refractivity contribution in [1.29, 1.82) is 0 Å². The van der Waals surface area contributed by atoms with Crippen LogP contribution in [0.15, 0.2) is 71.7 Å². The number of carbonyl (C=O) groups is 1. The zero-order chi connectivity index (χ0) is 22.1. The highest BCUT2D eigenvalue weighted by atomic mass is 16.5. The van der Waals surface area contributed by atoms with E-state index < -0.39 is 5.97 Å². The molecule has 0 saturated carbocycles. The van der Waals surface area contributed by atoms with Gasteiger partial charge in [-0.3, -0.25) is 4.99 Å². The first kappa shape index (κ1) is 21.9. The molecule has 0 aliphatic carbocycles. The van der Waals surface area contributed by atoms with E-state index in [1.54, 1.807) is 49.6 Å². The Hall–Kier alpha value is -3.80. The molecule has 6 nitrogen and oxygen atoms in total. The number of benzene rings is 3. The first-order valence-corrected chi connectivity index (χ1v) is 10.0. The monoisotopic (exact) mass is 419 g/mol. The molecule has 6 heteroatoms. The van der Waals surface area contributed by atoms with Gasteiger partial charge in [0.1, 0.15) is 23.0 Å². The maximum atomic E-state index is 12.4. The van der Waals surface area contributed by atoms with E-state index in [4.69, 9.17) is 14.2 Å². The smallest absolute Gasteiger partial charge is 0.343 e. The van der Waals surface area contributed by atoms with Gasteiger partial charge >= 0.3 is 5.97 Å². The standard InChI is InChI=1S/C25H25NO5/c1-3-4-14-30-21-11-8-18(9-12-21)25(28)31-23-13-10-19(24(27)16-23)17-26-20-6-5-7-22(15-20)29-2/h5-13,15-17,27H,3-4,14H2,1-2H3. The molecule has 0 spiro atoms. The number of nitrogens with zero attached hydrogens (tertiary/aromatic N) is 1. The summed E-state index contributed by atoms with van der Waals surface area (Å²) in [5.41, 5.74) is 1.58. The molecular formula is C25H25NO5. The lowest BCUT2D eigenvalue weighted by Crippen LogP contribution is -2.08. The SMILES string of the molecule is CCCCOc1ccc(C(=O)Oc2ccc(C=Nc3cccc(OC)c3)c(O)c2)cc1. The minimum atomic E-state index is -0.516. The van der Waals surface area contributed by atoms with Crippen LogP contribution in [-0.2, 0) is 0 Å². The van der Waals surface area contributed by atoms with Gasteiger partial charge in [0.25, 0.3) is 0 Å². The highest BCUT2D eigenvalue weighted by Crippen LogP contribution is 2.25. The summed E-state index contributed by atoms with van der Waals surface area (Å²) >= 11 is 0. The Morgan fingerprint density at radius 2 is 1.77 bits per heavy atom. The van der Waals surface area contributed by atoms with Gasteiger partial charge in [0.05, 0.1) is 25.0 Å². The summed E-state index contributed by atoms with van der Waals surface area (Å²) in [5, 5.41) is 10.3. The molecule has 0 fully saturated rings. The number of carbonyl (C=O) groups excluding carboxylic acids is 1. The number of phenols is 1. The predicted molar refractivity (Wildman–Crippen MR) is 120 cm³/mol. The number of hydrogen-bond acceptors (Lipinski definition) is 6. The lowest BCUT2D eigenvalue weighted by molar-refractivity contribution is 0.0734. The number of unbranched alkanes of at least 4 members (excludes halogenated alkanes) is 1. The second kappa shape index (κ2) is 10.8. The van der Waals surface area contributed by atoms with Crippen LogP contribution in [0.3, 0.4) is 0 Å². The van der Waals surface area contributed by atoms with E-state index in [2.05, 4.69) is 11.9 Å². The predicted octanol–water partition coefficient (Wildman–Crippen LogP) is 5.55. The van der Waals surface area contributed by atoms with Gasteiger partial charge < -0.3 is 19.3 Å². The van der Waals surface area contributed by atoms with Crippen molar-refractivity contribution in [1.82, 2.24) is 0 Å². The molecule has 3 aromatic rings. The molecule has 0 amide bonds. The van der Waals surface area contributed by atoms with Gasteiger partial charge in [-0.15, -0.1) is 0 Å². The molecule has 0 bridgehead atoms. The van der Waals surface area contributed by atoms with E-state index in [-0.39, 0.29) is 11.5 Å². The van der Waals surface area contributed by atoms with E-state index in [0.29, 0.717) is 34.9 Å². The number of ether oxygens (including phenoxy) is 3. The van der Waals surface area contributed by atoms with Gasteiger partial charge in [-0.2, -0.15) is 0 Å². The van der Waals surface area contributed by atoms with Gasteiger partial charge in [-0.05, 0) is 55.0 Å². The van der Waals surface area contributed by atoms with Crippen LogP contribution in [0.4, 0.5) is 5.69 Å². The van der Waals surface area contributed by atoms with Gasteiger partial charge in [0.2, 0.25) is 0 Å². The quantitative estimate of drug-likeness (QED) is 0.213. The molecule has 0 aromatic heterocycles. The number of aliphatic imine (C=N–C) groups is 1. The van der Waals surface area contributed by atoms with Gasteiger partial charge in [-0.1, -0.05) is 19.4 Å². The van der Waals surface area contributed by atoms with Crippen molar-refractivity contribution in [3.05, 3.63) is 77.9 Å². The van der Waals surface area contributed by atoms with Crippen molar-refractivity contribution < 1.29 is 24.1 Å². The lowest BCUT2D eigenvalue weighted by Gasteiger charge is -2.08. The van der Waals surface area contributed by atoms with E-state index >= 15 is 0 Å². The van der Waals surface area contributed by atoms with Crippen LogP contribution in [0.2, 0.25) is 0 Å². The fourth-order valence-corrected chi connectivity index (χ4v) is 2.72. The van der Waals surface area contributed by atoms with Crippen LogP contribution in [0.5, 0.6) is 23.0 Å². The molecule has 0 heterocycles. The molecule has 31 heavy (non-hydrogen) atoms. The third-order valence-electron chi connectivity index (χ3n) is 4.48. The van der Waals surface area contributed by atoms with Crippen LogP contribution in [-0.4, -0.2) is 31.0 Å². The Labute approximate surface area is 181 Å². The molecule has 0 saturated heterocycles. The van der Waals surface area contributed by atoms with Gasteiger partial charge in [-0.25, -0.2) is 4.79 Å². The maximum Gasteiger partial charge on any atom is 0.343 e. The molecule has 0 atom stereocenters. The highest BCUT2D eigenvalue weighted by molar-refractivity contribution is 5.91. The average molecular weight is 419 g/mol. The first-order chi connectivity index (χ1) is 15.1. The fourth-order valence-electron chi connectivity index (χ4n) is 2.72. The molecular weight excluding hydrogens is 394 g/mol. The molecule has 0 aliphatic heterocycles. The number of methoxy groups -OCH3 is 1. The van der Waals surface area contributed by atoms with Crippen molar-refractivity contribution in [2.24, 2.45) is 4.99 Å². The Kier molecular flexibility index (Phi) is 7.65. The van der Waals surface area contributed by atoms with E-state index in [1.165, 1.54) is 12.3 Å². The summed E-state index contributed by atoms with van der Waals surface area (Å²) in [4.78, 5) is 16.7.